The maximum atomic E-state index is 12.3. The molecule has 1 aromatic carbocycles. The summed E-state index contributed by atoms with van der Waals surface area (Å²) in [6, 6.07) is 13.3. The van der Waals surface area contributed by atoms with Crippen molar-refractivity contribution in [1.29, 1.82) is 0 Å². The SMILES string of the molecule is Cc1ccccc1C(=O)N(C)CCC#Cc1ccccn1. The Morgan fingerprint density at radius 2 is 1.95 bits per heavy atom. The number of aryl methyl sites for hydroxylation is 1. The molecular formula is C18H18N2O. The number of nitrogens with zero attached hydrogens (tertiary/aromatic N) is 2. The molecule has 2 aromatic rings. The first-order chi connectivity index (χ1) is 10.2. The molecule has 1 aromatic heterocycles. The lowest BCUT2D eigenvalue weighted by Gasteiger charge is -2.16. The van der Waals surface area contributed by atoms with E-state index in [1.807, 2.05) is 49.4 Å². The van der Waals surface area contributed by atoms with E-state index in [0.29, 0.717) is 13.0 Å². The number of aromatic nitrogens is 1. The molecule has 1 amide bonds. The van der Waals surface area contributed by atoms with Gasteiger partial charge in [-0.3, -0.25) is 4.79 Å². The zero-order valence-corrected chi connectivity index (χ0v) is 12.3. The van der Waals surface area contributed by atoms with Crippen molar-refractivity contribution in [2.24, 2.45) is 0 Å². The third-order valence-corrected chi connectivity index (χ3v) is 3.18. The highest BCUT2D eigenvalue weighted by atomic mass is 16.2. The first kappa shape index (κ1) is 14.8. The predicted octanol–water partition coefficient (Wildman–Crippen LogP) is 2.90. The lowest BCUT2D eigenvalue weighted by molar-refractivity contribution is 0.0797. The summed E-state index contributed by atoms with van der Waals surface area (Å²) >= 11 is 0. The summed E-state index contributed by atoms with van der Waals surface area (Å²) in [5.41, 5.74) is 2.50. The van der Waals surface area contributed by atoms with Gasteiger partial charge in [0.1, 0.15) is 5.69 Å². The second kappa shape index (κ2) is 7.25. The van der Waals surface area contributed by atoms with Crippen LogP contribution in [0.1, 0.15) is 28.0 Å². The van der Waals surface area contributed by atoms with Crippen LogP contribution in [0.4, 0.5) is 0 Å². The number of carbonyl (C=O) groups is 1. The monoisotopic (exact) mass is 278 g/mol. The van der Waals surface area contributed by atoms with Crippen LogP contribution in [0.15, 0.2) is 48.7 Å². The molecule has 0 aliphatic heterocycles. The van der Waals surface area contributed by atoms with E-state index >= 15 is 0 Å². The maximum Gasteiger partial charge on any atom is 0.253 e. The summed E-state index contributed by atoms with van der Waals surface area (Å²) in [4.78, 5) is 18.1. The van der Waals surface area contributed by atoms with Gasteiger partial charge < -0.3 is 4.90 Å². The fourth-order valence-corrected chi connectivity index (χ4v) is 1.93. The van der Waals surface area contributed by atoms with Gasteiger partial charge in [0, 0.05) is 31.8 Å². The second-order valence-corrected chi connectivity index (χ2v) is 4.81. The highest BCUT2D eigenvalue weighted by Crippen LogP contribution is 2.09. The molecule has 0 N–H and O–H groups in total. The van der Waals surface area contributed by atoms with Crippen molar-refractivity contribution >= 4 is 5.91 Å². The zero-order valence-electron chi connectivity index (χ0n) is 12.3. The quantitative estimate of drug-likeness (QED) is 0.809. The average Bonchev–Trinajstić information content (AvgIpc) is 2.52. The number of hydrogen-bond acceptors (Lipinski definition) is 2. The van der Waals surface area contributed by atoms with E-state index in [0.717, 1.165) is 16.8 Å². The van der Waals surface area contributed by atoms with E-state index in [1.54, 1.807) is 18.1 Å². The Kier molecular flexibility index (Phi) is 5.11. The molecule has 2 rings (SSSR count). The topological polar surface area (TPSA) is 33.2 Å². The molecule has 0 spiro atoms. The Balaban J connectivity index is 1.91. The molecule has 106 valence electrons. The van der Waals surface area contributed by atoms with E-state index in [4.69, 9.17) is 0 Å². The molecule has 1 heterocycles. The minimum absolute atomic E-state index is 0.0349. The molecule has 3 nitrogen and oxygen atoms in total. The van der Waals surface area contributed by atoms with Gasteiger partial charge in [0.2, 0.25) is 0 Å². The average molecular weight is 278 g/mol. The fourth-order valence-electron chi connectivity index (χ4n) is 1.93. The summed E-state index contributed by atoms with van der Waals surface area (Å²) in [6.07, 6.45) is 2.35. The minimum atomic E-state index is 0.0349. The Morgan fingerprint density at radius 1 is 1.19 bits per heavy atom. The maximum absolute atomic E-state index is 12.3. The highest BCUT2D eigenvalue weighted by Gasteiger charge is 2.12. The van der Waals surface area contributed by atoms with E-state index in [-0.39, 0.29) is 5.91 Å². The van der Waals surface area contributed by atoms with Crippen LogP contribution in [0.5, 0.6) is 0 Å². The van der Waals surface area contributed by atoms with Gasteiger partial charge in [-0.05, 0) is 36.6 Å². The van der Waals surface area contributed by atoms with Crippen LogP contribution in [-0.2, 0) is 0 Å². The molecular weight excluding hydrogens is 260 g/mol. The van der Waals surface area contributed by atoms with E-state index in [2.05, 4.69) is 16.8 Å². The van der Waals surface area contributed by atoms with Crippen LogP contribution < -0.4 is 0 Å². The Morgan fingerprint density at radius 3 is 2.67 bits per heavy atom. The number of hydrogen-bond donors (Lipinski definition) is 0. The molecule has 0 aliphatic rings. The molecule has 0 atom stereocenters. The molecule has 3 heteroatoms. The van der Waals surface area contributed by atoms with Crippen LogP contribution in [0.3, 0.4) is 0 Å². The van der Waals surface area contributed by atoms with E-state index in [9.17, 15) is 4.79 Å². The van der Waals surface area contributed by atoms with Gasteiger partial charge in [0.25, 0.3) is 5.91 Å². The summed E-state index contributed by atoms with van der Waals surface area (Å²) in [5, 5.41) is 0. The first-order valence-electron chi connectivity index (χ1n) is 6.89. The zero-order chi connectivity index (χ0) is 15.1. The lowest BCUT2D eigenvalue weighted by atomic mass is 10.1. The fraction of sp³-hybridized carbons (Fsp3) is 0.222. The third-order valence-electron chi connectivity index (χ3n) is 3.18. The Hall–Kier alpha value is -2.60. The van der Waals surface area contributed by atoms with E-state index < -0.39 is 0 Å². The molecule has 0 bridgehead atoms. The standard InChI is InChI=1S/C18H18N2O/c1-15-9-3-4-12-17(15)18(21)20(2)14-8-6-11-16-10-5-7-13-19-16/h3-5,7,9-10,12-13H,8,14H2,1-2H3. The normalized spacial score (nSPS) is 9.62. The van der Waals surface area contributed by atoms with Crippen LogP contribution in [0, 0.1) is 18.8 Å². The lowest BCUT2D eigenvalue weighted by Crippen LogP contribution is -2.28. The smallest absolute Gasteiger partial charge is 0.253 e. The van der Waals surface area contributed by atoms with Crippen molar-refractivity contribution in [2.75, 3.05) is 13.6 Å². The minimum Gasteiger partial charge on any atom is -0.341 e. The van der Waals surface area contributed by atoms with E-state index in [1.165, 1.54) is 0 Å². The second-order valence-electron chi connectivity index (χ2n) is 4.81. The van der Waals surface area contributed by atoms with Gasteiger partial charge >= 0.3 is 0 Å². The summed E-state index contributed by atoms with van der Waals surface area (Å²) in [6.45, 7) is 2.55. The van der Waals surface area contributed by atoms with Crippen molar-refractivity contribution in [3.63, 3.8) is 0 Å². The summed E-state index contributed by atoms with van der Waals surface area (Å²) < 4.78 is 0. The first-order valence-corrected chi connectivity index (χ1v) is 6.89. The third kappa shape index (κ3) is 4.19. The van der Waals surface area contributed by atoms with Gasteiger partial charge in [-0.25, -0.2) is 4.98 Å². The van der Waals surface area contributed by atoms with Gasteiger partial charge in [0.15, 0.2) is 0 Å². The number of amides is 1. The molecule has 0 saturated carbocycles. The van der Waals surface area contributed by atoms with Gasteiger partial charge in [-0.15, -0.1) is 0 Å². The number of carbonyl (C=O) groups excluding carboxylic acids is 1. The van der Waals surface area contributed by atoms with Crippen LogP contribution in [-0.4, -0.2) is 29.4 Å². The number of benzene rings is 1. The van der Waals surface area contributed by atoms with Gasteiger partial charge in [0.05, 0.1) is 0 Å². The van der Waals surface area contributed by atoms with Crippen LogP contribution in [0.2, 0.25) is 0 Å². The Labute approximate surface area is 125 Å². The van der Waals surface area contributed by atoms with Crippen LogP contribution in [0.25, 0.3) is 0 Å². The molecule has 0 saturated heterocycles. The van der Waals surface area contributed by atoms with Gasteiger partial charge in [-0.1, -0.05) is 30.2 Å². The van der Waals surface area contributed by atoms with Crippen LogP contribution >= 0.6 is 0 Å². The largest absolute Gasteiger partial charge is 0.341 e. The number of pyridine rings is 1. The molecule has 0 aliphatic carbocycles. The molecule has 0 radical (unpaired) electrons. The van der Waals surface area contributed by atoms with Crippen molar-refractivity contribution in [3.05, 3.63) is 65.5 Å². The van der Waals surface area contributed by atoms with Crippen molar-refractivity contribution in [3.8, 4) is 11.8 Å². The highest BCUT2D eigenvalue weighted by molar-refractivity contribution is 5.95. The predicted molar refractivity (Wildman–Crippen MR) is 83.9 cm³/mol. The molecule has 0 unspecified atom stereocenters. The molecule has 0 fully saturated rings. The molecule has 21 heavy (non-hydrogen) atoms. The Bertz CT molecular complexity index is 668. The van der Waals surface area contributed by atoms with Crippen molar-refractivity contribution in [2.45, 2.75) is 13.3 Å². The summed E-state index contributed by atoms with van der Waals surface area (Å²) in [7, 11) is 1.80. The van der Waals surface area contributed by atoms with Crippen molar-refractivity contribution < 1.29 is 4.79 Å². The van der Waals surface area contributed by atoms with Gasteiger partial charge in [-0.2, -0.15) is 0 Å². The van der Waals surface area contributed by atoms with Crippen molar-refractivity contribution in [1.82, 2.24) is 9.88 Å². The summed E-state index contributed by atoms with van der Waals surface area (Å²) in [5.74, 6) is 6.07. The number of rotatable bonds is 3.